The number of hydrogen-bond acceptors (Lipinski definition) is 2. The molecule has 0 spiro atoms. The van der Waals surface area contributed by atoms with Crippen molar-refractivity contribution >= 4 is 66.8 Å². The molecule has 0 fully saturated rings. The van der Waals surface area contributed by atoms with Gasteiger partial charge in [0.1, 0.15) is 0 Å². The molecule has 2 heterocycles. The quantitative estimate of drug-likeness (QED) is 0.215. The summed E-state index contributed by atoms with van der Waals surface area (Å²) in [6.45, 7) is 11.6. The molecule has 0 unspecified atom stereocenters. The Morgan fingerprint density at radius 3 is 2.35 bits per heavy atom. The van der Waals surface area contributed by atoms with Gasteiger partial charge >= 0.3 is 199 Å². The first-order chi connectivity index (χ1) is 14.8. The molecule has 0 bridgehead atoms. The van der Waals surface area contributed by atoms with Crippen molar-refractivity contribution in [3.05, 3.63) is 72.4 Å². The van der Waals surface area contributed by atoms with E-state index in [-0.39, 0.29) is 26.3 Å². The van der Waals surface area contributed by atoms with E-state index < -0.39 is 0 Å². The van der Waals surface area contributed by atoms with Crippen molar-refractivity contribution in [2.75, 3.05) is 0 Å². The van der Waals surface area contributed by atoms with Crippen LogP contribution in [0.4, 0.5) is 0 Å². The normalized spacial score (nSPS) is 12.5. The topological polar surface area (TPSA) is 12.9 Å². The Balaban J connectivity index is 1.81. The minimum atomic E-state index is -0.193. The molecule has 0 amide bonds. The maximum atomic E-state index is 4.91. The average Bonchev–Trinajstić information content (AvgIpc) is 3.12. The molecular formula is C28H27NSTe. The summed E-state index contributed by atoms with van der Waals surface area (Å²) >= 11 is 1.75. The third kappa shape index (κ3) is 3.78. The van der Waals surface area contributed by atoms with Gasteiger partial charge < -0.3 is 0 Å². The van der Waals surface area contributed by atoms with E-state index in [2.05, 4.69) is 95.3 Å². The monoisotopic (exact) mass is 539 g/mol. The Kier molecular flexibility index (Phi) is 5.33. The van der Waals surface area contributed by atoms with Gasteiger partial charge in [-0.05, 0) is 0 Å². The van der Waals surface area contributed by atoms with Crippen LogP contribution in [0, 0.1) is 0 Å². The predicted molar refractivity (Wildman–Crippen MR) is 139 cm³/mol. The SMILES string of the molecule is CC(C)[Te]c1cccc2c1sc1c(-c3cc(C(C)(C)C)c4ccccc4c3)nccc12. The Hall–Kier alpha value is -1.92. The summed E-state index contributed by atoms with van der Waals surface area (Å²) in [6, 6.07) is 22.5. The molecular weight excluding hydrogens is 510 g/mol. The average molecular weight is 537 g/mol. The molecule has 2 aromatic heterocycles. The van der Waals surface area contributed by atoms with Crippen LogP contribution in [0.15, 0.2) is 66.9 Å². The van der Waals surface area contributed by atoms with Crippen LogP contribution in [0.1, 0.15) is 40.2 Å². The van der Waals surface area contributed by atoms with Crippen molar-refractivity contribution in [3.63, 3.8) is 0 Å². The van der Waals surface area contributed by atoms with Gasteiger partial charge in [-0.1, -0.05) is 0 Å². The second kappa shape index (κ2) is 7.89. The Labute approximate surface area is 198 Å². The van der Waals surface area contributed by atoms with E-state index in [1.165, 1.54) is 42.1 Å². The maximum absolute atomic E-state index is 4.91. The van der Waals surface area contributed by atoms with Crippen LogP contribution in [-0.4, -0.2) is 25.9 Å². The number of hydrogen-bond donors (Lipinski definition) is 0. The van der Waals surface area contributed by atoms with Crippen molar-refractivity contribution in [1.29, 1.82) is 0 Å². The Bertz CT molecular complexity index is 1420. The second-order valence-corrected chi connectivity index (χ2v) is 15.1. The van der Waals surface area contributed by atoms with Crippen LogP contribution in [0.3, 0.4) is 0 Å². The summed E-state index contributed by atoms with van der Waals surface area (Å²) < 4.78 is 5.14. The van der Waals surface area contributed by atoms with Gasteiger partial charge in [0.05, 0.1) is 0 Å². The Morgan fingerprint density at radius 1 is 0.839 bits per heavy atom. The number of fused-ring (bicyclic) bond motifs is 4. The zero-order chi connectivity index (χ0) is 21.8. The second-order valence-electron chi connectivity index (χ2n) is 9.43. The number of pyridine rings is 1. The van der Waals surface area contributed by atoms with Crippen molar-refractivity contribution < 1.29 is 0 Å². The van der Waals surface area contributed by atoms with Gasteiger partial charge in [-0.2, -0.15) is 0 Å². The van der Waals surface area contributed by atoms with Crippen LogP contribution >= 0.6 is 11.3 Å². The molecule has 3 heteroatoms. The van der Waals surface area contributed by atoms with Gasteiger partial charge in [-0.15, -0.1) is 0 Å². The molecule has 0 saturated heterocycles. The molecule has 0 aliphatic carbocycles. The summed E-state index contributed by atoms with van der Waals surface area (Å²) in [5.74, 6) is 0. The fourth-order valence-corrected chi connectivity index (χ4v) is 8.73. The zero-order valence-corrected chi connectivity index (χ0v) is 21.8. The summed E-state index contributed by atoms with van der Waals surface area (Å²) in [5.41, 5.74) is 3.79. The van der Waals surface area contributed by atoms with E-state index in [1.807, 2.05) is 17.5 Å². The van der Waals surface area contributed by atoms with Crippen LogP contribution < -0.4 is 3.61 Å². The molecule has 156 valence electrons. The van der Waals surface area contributed by atoms with Crippen molar-refractivity contribution in [2.24, 2.45) is 0 Å². The molecule has 5 rings (SSSR count). The molecule has 0 N–H and O–H groups in total. The summed E-state index contributed by atoms with van der Waals surface area (Å²) in [4.78, 5) is 4.91. The molecule has 31 heavy (non-hydrogen) atoms. The summed E-state index contributed by atoms with van der Waals surface area (Å²) in [6.07, 6.45) is 1.99. The van der Waals surface area contributed by atoms with Gasteiger partial charge in [-0.25, -0.2) is 0 Å². The number of benzene rings is 3. The van der Waals surface area contributed by atoms with E-state index in [0.29, 0.717) is 0 Å². The van der Waals surface area contributed by atoms with Crippen molar-refractivity contribution in [2.45, 2.75) is 44.0 Å². The number of rotatable bonds is 3. The summed E-state index contributed by atoms with van der Waals surface area (Å²) in [7, 11) is 0. The van der Waals surface area contributed by atoms with Gasteiger partial charge in [0.15, 0.2) is 0 Å². The molecule has 0 aliphatic rings. The van der Waals surface area contributed by atoms with E-state index >= 15 is 0 Å². The molecule has 1 nitrogen and oxygen atoms in total. The fourth-order valence-electron chi connectivity index (χ4n) is 4.32. The standard InChI is InChI=1S/C28H27NSTe/c1-17(2)31-24-12-8-11-21-22-13-14-29-25(27(22)30-26(21)24)19-15-18-9-6-7-10-20(18)23(16-19)28(3,4)5/h6-17H,1-5H3. The number of thiophene rings is 1. The molecule has 5 aromatic rings. The van der Waals surface area contributed by atoms with Crippen molar-refractivity contribution in [3.8, 4) is 11.3 Å². The number of aromatic nitrogens is 1. The van der Waals surface area contributed by atoms with Crippen molar-refractivity contribution in [1.82, 2.24) is 4.98 Å². The third-order valence-electron chi connectivity index (χ3n) is 5.68. The first-order valence-corrected chi connectivity index (χ1v) is 14.2. The van der Waals surface area contributed by atoms with Gasteiger partial charge in [0.2, 0.25) is 0 Å². The fraction of sp³-hybridized carbons (Fsp3) is 0.250. The number of nitrogens with zero attached hydrogens (tertiary/aromatic N) is 1. The molecule has 3 aromatic carbocycles. The zero-order valence-electron chi connectivity index (χ0n) is 18.7. The van der Waals surface area contributed by atoms with E-state index in [0.717, 1.165) is 9.66 Å². The predicted octanol–water partition coefficient (Wildman–Crippen LogP) is 7.73. The first kappa shape index (κ1) is 21.0. The molecule has 0 atom stereocenters. The van der Waals surface area contributed by atoms with Gasteiger partial charge in [-0.3, -0.25) is 0 Å². The molecule has 0 saturated carbocycles. The van der Waals surface area contributed by atoms with E-state index in [1.54, 1.807) is 3.61 Å². The Morgan fingerprint density at radius 2 is 1.58 bits per heavy atom. The summed E-state index contributed by atoms with van der Waals surface area (Å²) in [5, 5.41) is 5.36. The van der Waals surface area contributed by atoms with Gasteiger partial charge in [0.25, 0.3) is 0 Å². The van der Waals surface area contributed by atoms with Crippen LogP contribution in [0.5, 0.6) is 0 Å². The first-order valence-electron chi connectivity index (χ1n) is 10.8. The van der Waals surface area contributed by atoms with Crippen LogP contribution in [-0.2, 0) is 5.41 Å². The molecule has 0 radical (unpaired) electrons. The van der Waals surface area contributed by atoms with Crippen LogP contribution in [0.2, 0.25) is 3.97 Å². The van der Waals surface area contributed by atoms with Crippen LogP contribution in [0.25, 0.3) is 42.2 Å². The molecule has 0 aliphatic heterocycles. The van der Waals surface area contributed by atoms with E-state index in [4.69, 9.17) is 4.98 Å². The minimum absolute atomic E-state index is 0.0688. The van der Waals surface area contributed by atoms with E-state index in [9.17, 15) is 0 Å². The van der Waals surface area contributed by atoms with Gasteiger partial charge in [0, 0.05) is 0 Å². The third-order valence-corrected chi connectivity index (χ3v) is 10.4.